The van der Waals surface area contributed by atoms with Crippen LogP contribution in [0.25, 0.3) is 0 Å². The maximum absolute atomic E-state index is 11.9. The van der Waals surface area contributed by atoms with Crippen LogP contribution in [0.5, 0.6) is 0 Å². The van der Waals surface area contributed by atoms with E-state index in [1.54, 1.807) is 24.3 Å². The number of aromatic carboxylic acids is 1. The average Bonchev–Trinajstić information content (AvgIpc) is 2.68. The second-order valence-electron chi connectivity index (χ2n) is 4.09. The number of aromatic nitrogens is 1. The van der Waals surface area contributed by atoms with E-state index in [1.807, 2.05) is 6.07 Å². The van der Waals surface area contributed by atoms with Gasteiger partial charge in [0, 0.05) is 11.4 Å². The van der Waals surface area contributed by atoms with Crippen LogP contribution in [0.2, 0.25) is 0 Å². The van der Waals surface area contributed by atoms with Gasteiger partial charge >= 0.3 is 10.8 Å². The summed E-state index contributed by atoms with van der Waals surface area (Å²) in [6.07, 6.45) is 0. The maximum Gasteiger partial charge on any atom is 0.347 e. The number of carbonyl (C=O) groups excluding carboxylic acids is 1. The van der Waals surface area contributed by atoms with Gasteiger partial charge in [0.25, 0.3) is 0 Å². The van der Waals surface area contributed by atoms with Crippen molar-refractivity contribution in [2.75, 3.05) is 5.32 Å². The second-order valence-corrected chi connectivity index (χ2v) is 5.05. The Morgan fingerprint density at radius 2 is 1.95 bits per heavy atom. The Balaban J connectivity index is 2.16. The Morgan fingerprint density at radius 1 is 1.30 bits per heavy atom. The number of hydrogen-bond acceptors (Lipinski definition) is 4. The van der Waals surface area contributed by atoms with Crippen LogP contribution in [0.1, 0.15) is 15.4 Å². The normalized spacial score (nSPS) is 10.2. The summed E-state index contributed by atoms with van der Waals surface area (Å²) in [6, 6.07) is 8.83. The third-order valence-corrected chi connectivity index (χ3v) is 3.77. The van der Waals surface area contributed by atoms with Gasteiger partial charge in [-0.25, -0.2) is 4.79 Å². The van der Waals surface area contributed by atoms with Crippen molar-refractivity contribution in [1.82, 2.24) is 4.57 Å². The molecule has 104 valence electrons. The largest absolute Gasteiger partial charge is 0.477 e. The quantitative estimate of drug-likeness (QED) is 0.895. The van der Waals surface area contributed by atoms with Crippen LogP contribution in [0.3, 0.4) is 0 Å². The van der Waals surface area contributed by atoms with Gasteiger partial charge in [0.15, 0.2) is 0 Å². The first-order chi connectivity index (χ1) is 9.49. The van der Waals surface area contributed by atoms with Crippen LogP contribution in [0.4, 0.5) is 5.69 Å². The van der Waals surface area contributed by atoms with E-state index in [0.29, 0.717) is 17.0 Å². The minimum absolute atomic E-state index is 0.0393. The predicted molar refractivity (Wildman–Crippen MR) is 75.3 cm³/mol. The fourth-order valence-corrected chi connectivity index (χ4v) is 2.55. The van der Waals surface area contributed by atoms with Crippen molar-refractivity contribution in [1.29, 1.82) is 0 Å². The molecule has 0 aliphatic carbocycles. The topological polar surface area (TPSA) is 88.4 Å². The van der Waals surface area contributed by atoms with E-state index in [4.69, 9.17) is 5.11 Å². The van der Waals surface area contributed by atoms with E-state index < -0.39 is 10.8 Å². The Morgan fingerprint density at radius 3 is 2.50 bits per heavy atom. The molecule has 7 heteroatoms. The molecule has 1 amide bonds. The highest BCUT2D eigenvalue weighted by molar-refractivity contribution is 7.11. The molecule has 0 fully saturated rings. The lowest BCUT2D eigenvalue weighted by Gasteiger charge is -2.06. The SMILES string of the molecule is Cc1c(C(=O)O)sc(=O)n1CC(=O)Nc1ccccc1. The summed E-state index contributed by atoms with van der Waals surface area (Å²) in [5.74, 6) is -1.54. The summed E-state index contributed by atoms with van der Waals surface area (Å²) in [5, 5.41) is 11.6. The predicted octanol–water partition coefficient (Wildman–Crippen LogP) is 1.56. The van der Waals surface area contributed by atoms with E-state index in [9.17, 15) is 14.4 Å². The first-order valence-corrected chi connectivity index (χ1v) is 6.59. The highest BCUT2D eigenvalue weighted by Gasteiger charge is 2.18. The van der Waals surface area contributed by atoms with Crippen LogP contribution >= 0.6 is 11.3 Å². The number of hydrogen-bond donors (Lipinski definition) is 2. The van der Waals surface area contributed by atoms with Crippen LogP contribution in [0, 0.1) is 6.92 Å². The molecular formula is C13H12N2O4S. The number of nitrogens with one attached hydrogen (secondary N) is 1. The number of carboxylic acid groups (broad SMARTS) is 1. The van der Waals surface area contributed by atoms with Gasteiger partial charge in [0.05, 0.1) is 0 Å². The molecule has 0 aliphatic rings. The molecule has 1 aromatic carbocycles. The first kappa shape index (κ1) is 14.0. The lowest BCUT2D eigenvalue weighted by Crippen LogP contribution is -2.25. The fraction of sp³-hybridized carbons (Fsp3) is 0.154. The summed E-state index contributed by atoms with van der Waals surface area (Å²) >= 11 is 0.625. The van der Waals surface area contributed by atoms with E-state index in [2.05, 4.69) is 5.32 Å². The smallest absolute Gasteiger partial charge is 0.347 e. The summed E-state index contributed by atoms with van der Waals surface area (Å²) in [6.45, 7) is 1.31. The average molecular weight is 292 g/mol. The highest BCUT2D eigenvalue weighted by atomic mass is 32.1. The molecule has 1 aromatic heterocycles. The molecule has 20 heavy (non-hydrogen) atoms. The number of nitrogens with zero attached hydrogens (tertiary/aromatic N) is 1. The number of thiazole rings is 1. The summed E-state index contributed by atoms with van der Waals surface area (Å²) in [7, 11) is 0. The van der Waals surface area contributed by atoms with Crippen molar-refractivity contribution in [3.05, 3.63) is 50.6 Å². The molecule has 0 saturated heterocycles. The summed E-state index contributed by atoms with van der Waals surface area (Å²) in [4.78, 5) is 34.0. The van der Waals surface area contributed by atoms with Gasteiger partial charge < -0.3 is 10.4 Å². The van der Waals surface area contributed by atoms with Gasteiger partial charge in [0.1, 0.15) is 11.4 Å². The van der Waals surface area contributed by atoms with E-state index >= 15 is 0 Å². The number of para-hydroxylation sites is 1. The Labute approximate surface area is 118 Å². The van der Waals surface area contributed by atoms with Crippen molar-refractivity contribution < 1.29 is 14.7 Å². The zero-order valence-electron chi connectivity index (χ0n) is 10.6. The number of benzene rings is 1. The molecule has 0 spiro atoms. The van der Waals surface area contributed by atoms with Crippen LogP contribution in [0.15, 0.2) is 35.1 Å². The number of rotatable bonds is 4. The van der Waals surface area contributed by atoms with Crippen molar-refractivity contribution in [3.8, 4) is 0 Å². The highest BCUT2D eigenvalue weighted by Crippen LogP contribution is 2.12. The molecule has 1 heterocycles. The van der Waals surface area contributed by atoms with Gasteiger partial charge in [-0.2, -0.15) is 0 Å². The van der Waals surface area contributed by atoms with Crippen molar-refractivity contribution >= 4 is 28.9 Å². The Kier molecular flexibility index (Phi) is 3.99. The molecule has 0 unspecified atom stereocenters. The molecule has 0 aliphatic heterocycles. The minimum atomic E-state index is -1.16. The van der Waals surface area contributed by atoms with Gasteiger partial charge in [-0.3, -0.25) is 14.2 Å². The number of amides is 1. The van der Waals surface area contributed by atoms with Crippen molar-refractivity contribution in [3.63, 3.8) is 0 Å². The molecule has 0 radical (unpaired) electrons. The lowest BCUT2D eigenvalue weighted by molar-refractivity contribution is -0.116. The van der Waals surface area contributed by atoms with Gasteiger partial charge in [0.2, 0.25) is 5.91 Å². The Hall–Kier alpha value is -2.41. The fourth-order valence-electron chi connectivity index (χ4n) is 1.72. The minimum Gasteiger partial charge on any atom is -0.477 e. The zero-order valence-corrected chi connectivity index (χ0v) is 11.4. The standard InChI is InChI=1S/C13H12N2O4S/c1-8-11(12(17)18)20-13(19)15(8)7-10(16)14-9-5-3-2-4-6-9/h2-6H,7H2,1H3,(H,14,16)(H,17,18). The molecule has 2 N–H and O–H groups in total. The lowest BCUT2D eigenvalue weighted by atomic mass is 10.3. The number of carboxylic acids is 1. The summed E-state index contributed by atoms with van der Waals surface area (Å²) in [5.41, 5.74) is 0.910. The third kappa shape index (κ3) is 2.94. The Bertz CT molecular complexity index is 703. The number of carbonyl (C=O) groups is 2. The van der Waals surface area contributed by atoms with E-state index in [-0.39, 0.29) is 23.0 Å². The van der Waals surface area contributed by atoms with Gasteiger partial charge in [-0.1, -0.05) is 29.5 Å². The van der Waals surface area contributed by atoms with E-state index in [1.165, 1.54) is 6.92 Å². The third-order valence-electron chi connectivity index (χ3n) is 2.70. The van der Waals surface area contributed by atoms with Gasteiger partial charge in [-0.15, -0.1) is 0 Å². The molecule has 0 bridgehead atoms. The molecule has 6 nitrogen and oxygen atoms in total. The molecular weight excluding hydrogens is 280 g/mol. The van der Waals surface area contributed by atoms with Crippen LogP contribution < -0.4 is 10.2 Å². The zero-order chi connectivity index (χ0) is 14.7. The molecule has 2 rings (SSSR count). The molecule has 0 atom stereocenters. The molecule has 2 aromatic rings. The maximum atomic E-state index is 11.9. The van der Waals surface area contributed by atoms with E-state index in [0.717, 1.165) is 4.57 Å². The summed E-state index contributed by atoms with van der Waals surface area (Å²) < 4.78 is 1.16. The molecule has 0 saturated carbocycles. The van der Waals surface area contributed by atoms with Crippen LogP contribution in [-0.2, 0) is 11.3 Å². The first-order valence-electron chi connectivity index (χ1n) is 5.77. The van der Waals surface area contributed by atoms with Crippen LogP contribution in [-0.4, -0.2) is 21.6 Å². The van der Waals surface area contributed by atoms with Gasteiger partial charge in [-0.05, 0) is 19.1 Å². The monoisotopic (exact) mass is 292 g/mol. The number of anilines is 1. The van der Waals surface area contributed by atoms with Crippen molar-refractivity contribution in [2.24, 2.45) is 0 Å². The van der Waals surface area contributed by atoms with Crippen molar-refractivity contribution in [2.45, 2.75) is 13.5 Å². The second kappa shape index (κ2) is 5.70.